The molecule has 1 aromatic carbocycles. The van der Waals surface area contributed by atoms with Crippen molar-refractivity contribution in [3.8, 4) is 11.5 Å². The molecule has 19 heavy (non-hydrogen) atoms. The molecule has 0 aromatic heterocycles. The molecular weight excluding hydrogens is 240 g/mol. The second kappa shape index (κ2) is 5.80. The molecule has 1 aromatic rings. The van der Waals surface area contributed by atoms with Gasteiger partial charge in [0.25, 0.3) is 0 Å². The molecule has 0 radical (unpaired) electrons. The average molecular weight is 264 g/mol. The molecule has 1 unspecified atom stereocenters. The van der Waals surface area contributed by atoms with Crippen LogP contribution in [0.4, 0.5) is 0 Å². The van der Waals surface area contributed by atoms with Crippen molar-refractivity contribution in [2.75, 3.05) is 13.2 Å². The summed E-state index contributed by atoms with van der Waals surface area (Å²) in [6.45, 7) is 5.45. The second-order valence-corrected chi connectivity index (χ2v) is 5.89. The van der Waals surface area contributed by atoms with E-state index in [1.165, 1.54) is 0 Å². The number of ether oxygens (including phenoxy) is 2. The third-order valence-electron chi connectivity index (χ3n) is 3.30. The van der Waals surface area contributed by atoms with Gasteiger partial charge in [0.15, 0.2) is 11.5 Å². The van der Waals surface area contributed by atoms with Crippen LogP contribution in [-0.2, 0) is 0 Å². The molecule has 0 aliphatic carbocycles. The van der Waals surface area contributed by atoms with Crippen LogP contribution < -0.4 is 20.9 Å². The van der Waals surface area contributed by atoms with Crippen LogP contribution in [0.15, 0.2) is 18.2 Å². The zero-order valence-corrected chi connectivity index (χ0v) is 11.8. The molecule has 1 aliphatic rings. The quantitative estimate of drug-likeness (QED) is 0.876. The first kappa shape index (κ1) is 14.2. The lowest BCUT2D eigenvalue weighted by Gasteiger charge is -2.21. The van der Waals surface area contributed by atoms with Gasteiger partial charge in [-0.25, -0.2) is 0 Å². The molecule has 0 saturated carbocycles. The van der Waals surface area contributed by atoms with Gasteiger partial charge in [0, 0.05) is 18.0 Å². The maximum Gasteiger partial charge on any atom is 0.161 e. The standard InChI is InChI=1S/C15H24N2O2/c1-15(2,17)7-6-12(16)11-4-5-13-14(10-11)19-9-3-8-18-13/h4-5,10,12H,3,6-9,16-17H2,1-2H3. The van der Waals surface area contributed by atoms with E-state index in [-0.39, 0.29) is 11.6 Å². The maximum absolute atomic E-state index is 6.22. The first-order valence-electron chi connectivity index (χ1n) is 6.90. The summed E-state index contributed by atoms with van der Waals surface area (Å²) < 4.78 is 11.3. The van der Waals surface area contributed by atoms with E-state index in [1.807, 2.05) is 32.0 Å². The minimum Gasteiger partial charge on any atom is -0.490 e. The summed E-state index contributed by atoms with van der Waals surface area (Å²) in [6.07, 6.45) is 2.67. The first-order valence-corrected chi connectivity index (χ1v) is 6.90. The van der Waals surface area contributed by atoms with Crippen molar-refractivity contribution in [2.45, 2.75) is 44.7 Å². The van der Waals surface area contributed by atoms with E-state index in [0.29, 0.717) is 13.2 Å². The van der Waals surface area contributed by atoms with E-state index >= 15 is 0 Å². The van der Waals surface area contributed by atoms with Crippen molar-refractivity contribution in [3.05, 3.63) is 23.8 Å². The van der Waals surface area contributed by atoms with Gasteiger partial charge in [-0.3, -0.25) is 0 Å². The molecule has 2 rings (SSSR count). The van der Waals surface area contributed by atoms with E-state index in [2.05, 4.69) is 0 Å². The summed E-state index contributed by atoms with van der Waals surface area (Å²) in [5.74, 6) is 1.62. The summed E-state index contributed by atoms with van der Waals surface area (Å²) in [5.41, 5.74) is 13.1. The van der Waals surface area contributed by atoms with Gasteiger partial charge in [-0.1, -0.05) is 6.07 Å². The third-order valence-corrected chi connectivity index (χ3v) is 3.30. The topological polar surface area (TPSA) is 70.5 Å². The van der Waals surface area contributed by atoms with Gasteiger partial charge in [-0.05, 0) is 44.4 Å². The van der Waals surface area contributed by atoms with Crippen LogP contribution in [-0.4, -0.2) is 18.8 Å². The summed E-state index contributed by atoms with van der Waals surface area (Å²) in [5, 5.41) is 0. The van der Waals surface area contributed by atoms with Crippen LogP contribution >= 0.6 is 0 Å². The smallest absolute Gasteiger partial charge is 0.161 e. The Labute approximate surface area is 115 Å². The normalized spacial score (nSPS) is 16.8. The monoisotopic (exact) mass is 264 g/mol. The van der Waals surface area contributed by atoms with Gasteiger partial charge < -0.3 is 20.9 Å². The van der Waals surface area contributed by atoms with Crippen molar-refractivity contribution in [3.63, 3.8) is 0 Å². The van der Waals surface area contributed by atoms with Gasteiger partial charge in [0.1, 0.15) is 0 Å². The maximum atomic E-state index is 6.22. The fraction of sp³-hybridized carbons (Fsp3) is 0.600. The molecule has 0 fully saturated rings. The predicted octanol–water partition coefficient (Wildman–Crippen LogP) is 2.37. The predicted molar refractivity (Wildman–Crippen MR) is 76.5 cm³/mol. The zero-order chi connectivity index (χ0) is 13.9. The van der Waals surface area contributed by atoms with Crippen molar-refractivity contribution in [1.82, 2.24) is 0 Å². The van der Waals surface area contributed by atoms with E-state index in [0.717, 1.165) is 36.3 Å². The molecule has 106 valence electrons. The fourth-order valence-corrected chi connectivity index (χ4v) is 2.10. The van der Waals surface area contributed by atoms with Crippen molar-refractivity contribution >= 4 is 0 Å². The van der Waals surface area contributed by atoms with Crippen molar-refractivity contribution in [1.29, 1.82) is 0 Å². The van der Waals surface area contributed by atoms with Crippen LogP contribution in [0.5, 0.6) is 11.5 Å². The van der Waals surface area contributed by atoms with Crippen LogP contribution in [0, 0.1) is 0 Å². The van der Waals surface area contributed by atoms with Crippen LogP contribution in [0.2, 0.25) is 0 Å². The molecule has 1 atom stereocenters. The minimum atomic E-state index is -0.178. The number of fused-ring (bicyclic) bond motifs is 1. The second-order valence-electron chi connectivity index (χ2n) is 5.89. The van der Waals surface area contributed by atoms with E-state index in [1.54, 1.807) is 0 Å². The van der Waals surface area contributed by atoms with Crippen molar-refractivity contribution < 1.29 is 9.47 Å². The van der Waals surface area contributed by atoms with Crippen LogP contribution in [0.3, 0.4) is 0 Å². The Morgan fingerprint density at radius 2 is 1.89 bits per heavy atom. The van der Waals surface area contributed by atoms with Crippen LogP contribution in [0.25, 0.3) is 0 Å². The van der Waals surface area contributed by atoms with Gasteiger partial charge in [0.2, 0.25) is 0 Å². The van der Waals surface area contributed by atoms with Crippen LogP contribution in [0.1, 0.15) is 44.7 Å². The molecule has 0 amide bonds. The number of rotatable bonds is 4. The highest BCUT2D eigenvalue weighted by Gasteiger charge is 2.17. The highest BCUT2D eigenvalue weighted by Crippen LogP contribution is 2.33. The zero-order valence-electron chi connectivity index (χ0n) is 11.8. The van der Waals surface area contributed by atoms with Gasteiger partial charge in [-0.15, -0.1) is 0 Å². The Balaban J connectivity index is 2.06. The van der Waals surface area contributed by atoms with Gasteiger partial charge in [-0.2, -0.15) is 0 Å². The Bertz CT molecular complexity index is 427. The number of nitrogens with two attached hydrogens (primary N) is 2. The highest BCUT2D eigenvalue weighted by molar-refractivity contribution is 5.44. The SMILES string of the molecule is CC(C)(N)CCC(N)c1ccc2c(c1)OCCCO2. The Kier molecular flexibility index (Phi) is 4.32. The highest BCUT2D eigenvalue weighted by atomic mass is 16.5. The number of hydrogen-bond acceptors (Lipinski definition) is 4. The van der Waals surface area contributed by atoms with Gasteiger partial charge >= 0.3 is 0 Å². The van der Waals surface area contributed by atoms with E-state index in [9.17, 15) is 0 Å². The van der Waals surface area contributed by atoms with E-state index in [4.69, 9.17) is 20.9 Å². The molecule has 4 N–H and O–H groups in total. The Morgan fingerprint density at radius 3 is 2.58 bits per heavy atom. The largest absolute Gasteiger partial charge is 0.490 e. The molecule has 0 bridgehead atoms. The molecule has 1 heterocycles. The van der Waals surface area contributed by atoms with E-state index < -0.39 is 0 Å². The Morgan fingerprint density at radius 1 is 1.21 bits per heavy atom. The lowest BCUT2D eigenvalue weighted by Crippen LogP contribution is -2.32. The average Bonchev–Trinajstić information content (AvgIpc) is 2.59. The lowest BCUT2D eigenvalue weighted by molar-refractivity contribution is 0.297. The summed E-state index contributed by atoms with van der Waals surface area (Å²) >= 11 is 0. The van der Waals surface area contributed by atoms with Crippen molar-refractivity contribution in [2.24, 2.45) is 11.5 Å². The summed E-state index contributed by atoms with van der Waals surface area (Å²) in [7, 11) is 0. The molecule has 0 spiro atoms. The number of benzene rings is 1. The summed E-state index contributed by atoms with van der Waals surface area (Å²) in [4.78, 5) is 0. The molecule has 0 saturated heterocycles. The minimum absolute atomic E-state index is 0.0139. The molecule has 1 aliphatic heterocycles. The van der Waals surface area contributed by atoms with Gasteiger partial charge in [0.05, 0.1) is 13.2 Å². The number of hydrogen-bond donors (Lipinski definition) is 2. The molecular formula is C15H24N2O2. The summed E-state index contributed by atoms with van der Waals surface area (Å²) in [6, 6.07) is 5.94. The third kappa shape index (κ3) is 4.11. The lowest BCUT2D eigenvalue weighted by atomic mass is 9.94. The fourth-order valence-electron chi connectivity index (χ4n) is 2.10. The molecule has 4 nitrogen and oxygen atoms in total. The Hall–Kier alpha value is -1.26. The molecule has 4 heteroatoms. The first-order chi connectivity index (χ1) is 8.96.